The van der Waals surface area contributed by atoms with Crippen LogP contribution in [0.25, 0.3) is 0 Å². The molecule has 2 fully saturated rings. The van der Waals surface area contributed by atoms with Crippen molar-refractivity contribution in [2.24, 2.45) is 4.99 Å². The van der Waals surface area contributed by atoms with Crippen molar-refractivity contribution in [3.63, 3.8) is 0 Å². The van der Waals surface area contributed by atoms with Gasteiger partial charge in [0.15, 0.2) is 17.5 Å². The molecule has 166 valence electrons. The second-order valence-electron chi connectivity index (χ2n) is 7.99. The molecule has 1 aromatic rings. The highest BCUT2D eigenvalue weighted by Gasteiger charge is 2.24. The summed E-state index contributed by atoms with van der Waals surface area (Å²) in [6.07, 6.45) is 3.28. The van der Waals surface area contributed by atoms with E-state index < -0.39 is 0 Å². The molecule has 1 atom stereocenters. The molecule has 1 amide bonds. The largest absolute Gasteiger partial charge is 0.486 e. The fourth-order valence-corrected chi connectivity index (χ4v) is 3.92. The molecule has 2 aliphatic rings. The molecular formula is C22H34FN5O2. The molecule has 30 heavy (non-hydrogen) atoms. The number of benzene rings is 1. The Morgan fingerprint density at radius 3 is 2.47 bits per heavy atom. The van der Waals surface area contributed by atoms with E-state index >= 15 is 0 Å². The van der Waals surface area contributed by atoms with Gasteiger partial charge in [-0.15, -0.1) is 0 Å². The van der Waals surface area contributed by atoms with Crippen LogP contribution in [0.3, 0.4) is 0 Å². The summed E-state index contributed by atoms with van der Waals surface area (Å²) in [6.45, 7) is 8.04. The zero-order chi connectivity index (χ0) is 21.3. The summed E-state index contributed by atoms with van der Waals surface area (Å²) in [4.78, 5) is 23.3. The minimum atomic E-state index is -0.357. The van der Waals surface area contributed by atoms with E-state index in [4.69, 9.17) is 4.74 Å². The van der Waals surface area contributed by atoms with Gasteiger partial charge in [0.2, 0.25) is 5.91 Å². The molecular weight excluding hydrogens is 385 g/mol. The number of ether oxygens (including phenoxy) is 1. The standard InChI is InChI=1S/C22H34FN5O2/c1-18(30-20-9-5-4-8-19(20)23)16-25-22(24-2)28-14-12-26(13-15-28)17-21(29)27-10-6-3-7-11-27/h4-5,8-9,18H,3,6-7,10-17H2,1-2H3,(H,24,25). The van der Waals surface area contributed by atoms with Crippen LogP contribution in [0.1, 0.15) is 26.2 Å². The number of aliphatic imine (C=N–C) groups is 1. The monoisotopic (exact) mass is 419 g/mol. The summed E-state index contributed by atoms with van der Waals surface area (Å²) >= 11 is 0. The molecule has 0 spiro atoms. The van der Waals surface area contributed by atoms with Crippen LogP contribution in [-0.4, -0.2) is 92.1 Å². The van der Waals surface area contributed by atoms with E-state index in [2.05, 4.69) is 20.1 Å². The predicted octanol–water partition coefficient (Wildman–Crippen LogP) is 1.80. The maximum Gasteiger partial charge on any atom is 0.236 e. The van der Waals surface area contributed by atoms with Gasteiger partial charge in [0.05, 0.1) is 13.1 Å². The second-order valence-corrected chi connectivity index (χ2v) is 7.99. The molecule has 0 aliphatic carbocycles. The van der Waals surface area contributed by atoms with Gasteiger partial charge in [-0.05, 0) is 38.3 Å². The number of likely N-dealkylation sites (tertiary alicyclic amines) is 1. The third kappa shape index (κ3) is 6.32. The summed E-state index contributed by atoms with van der Waals surface area (Å²) in [6, 6.07) is 6.43. The Morgan fingerprint density at radius 1 is 1.10 bits per heavy atom. The van der Waals surface area contributed by atoms with Crippen molar-refractivity contribution in [1.29, 1.82) is 0 Å². The van der Waals surface area contributed by atoms with Crippen molar-refractivity contribution < 1.29 is 13.9 Å². The number of carbonyl (C=O) groups is 1. The predicted molar refractivity (Wildman–Crippen MR) is 116 cm³/mol. The van der Waals surface area contributed by atoms with Gasteiger partial charge in [-0.2, -0.15) is 0 Å². The lowest BCUT2D eigenvalue weighted by Crippen LogP contribution is -2.55. The van der Waals surface area contributed by atoms with E-state index in [0.29, 0.717) is 13.1 Å². The number of halogens is 1. The van der Waals surface area contributed by atoms with Gasteiger partial charge < -0.3 is 19.9 Å². The number of piperazine rings is 1. The van der Waals surface area contributed by atoms with Crippen LogP contribution < -0.4 is 10.1 Å². The Hall–Kier alpha value is -2.35. The first-order valence-corrected chi connectivity index (χ1v) is 10.9. The molecule has 1 unspecified atom stereocenters. The van der Waals surface area contributed by atoms with Gasteiger partial charge in [0.1, 0.15) is 6.10 Å². The number of hydrogen-bond acceptors (Lipinski definition) is 4. The van der Waals surface area contributed by atoms with Gasteiger partial charge in [0.25, 0.3) is 0 Å². The van der Waals surface area contributed by atoms with Crippen molar-refractivity contribution in [1.82, 2.24) is 20.0 Å². The molecule has 7 nitrogen and oxygen atoms in total. The number of hydrogen-bond donors (Lipinski definition) is 1. The van der Waals surface area contributed by atoms with Gasteiger partial charge in [-0.3, -0.25) is 14.7 Å². The zero-order valence-electron chi connectivity index (χ0n) is 18.1. The number of guanidine groups is 1. The SMILES string of the molecule is CN=C(NCC(C)Oc1ccccc1F)N1CCN(CC(=O)N2CCCCC2)CC1. The van der Waals surface area contributed by atoms with Crippen molar-refractivity contribution in [2.75, 3.05) is 59.4 Å². The molecule has 3 rings (SSSR count). The minimum Gasteiger partial charge on any atom is -0.486 e. The summed E-state index contributed by atoms with van der Waals surface area (Å²) in [7, 11) is 1.76. The molecule has 0 bridgehead atoms. The molecule has 2 heterocycles. The zero-order valence-corrected chi connectivity index (χ0v) is 18.1. The second kappa shape index (κ2) is 11.2. The van der Waals surface area contributed by atoms with Crippen LogP contribution in [0, 0.1) is 5.82 Å². The number of piperidine rings is 1. The quantitative estimate of drug-likeness (QED) is 0.563. The first-order valence-electron chi connectivity index (χ1n) is 10.9. The van der Waals surface area contributed by atoms with E-state index in [1.54, 1.807) is 25.2 Å². The number of amides is 1. The number of nitrogens with one attached hydrogen (secondary N) is 1. The molecule has 1 N–H and O–H groups in total. The van der Waals surface area contributed by atoms with Crippen molar-refractivity contribution in [3.05, 3.63) is 30.1 Å². The highest BCUT2D eigenvalue weighted by molar-refractivity contribution is 5.80. The lowest BCUT2D eigenvalue weighted by atomic mass is 10.1. The van der Waals surface area contributed by atoms with Crippen LogP contribution in [0.2, 0.25) is 0 Å². The number of carbonyl (C=O) groups excluding carboxylic acids is 1. The Balaban J connectivity index is 1.40. The highest BCUT2D eigenvalue weighted by atomic mass is 19.1. The van der Waals surface area contributed by atoms with Gasteiger partial charge in [-0.25, -0.2) is 4.39 Å². The first kappa shape index (κ1) is 22.3. The van der Waals surface area contributed by atoms with Crippen LogP contribution in [0.15, 0.2) is 29.3 Å². The van der Waals surface area contributed by atoms with E-state index in [1.807, 2.05) is 11.8 Å². The Labute approximate surface area is 178 Å². The van der Waals surface area contributed by atoms with Crippen molar-refractivity contribution in [2.45, 2.75) is 32.3 Å². The van der Waals surface area contributed by atoms with E-state index in [9.17, 15) is 9.18 Å². The molecule has 2 saturated heterocycles. The minimum absolute atomic E-state index is 0.206. The molecule has 0 radical (unpaired) electrons. The van der Waals surface area contributed by atoms with Gasteiger partial charge >= 0.3 is 0 Å². The molecule has 2 aliphatic heterocycles. The molecule has 1 aromatic carbocycles. The maximum absolute atomic E-state index is 13.7. The van der Waals surface area contributed by atoms with Crippen LogP contribution in [0.4, 0.5) is 4.39 Å². The Morgan fingerprint density at radius 2 is 1.80 bits per heavy atom. The fraction of sp³-hybridized carbons (Fsp3) is 0.636. The summed E-state index contributed by atoms with van der Waals surface area (Å²) in [5.41, 5.74) is 0. The topological polar surface area (TPSA) is 60.4 Å². The average molecular weight is 420 g/mol. The van der Waals surface area contributed by atoms with Gasteiger partial charge in [0, 0.05) is 46.3 Å². The van der Waals surface area contributed by atoms with Crippen LogP contribution in [0.5, 0.6) is 5.75 Å². The molecule has 8 heteroatoms. The first-order chi connectivity index (χ1) is 14.6. The third-order valence-electron chi connectivity index (χ3n) is 5.66. The normalized spacial score (nSPS) is 19.5. The molecule has 0 saturated carbocycles. The van der Waals surface area contributed by atoms with Crippen LogP contribution >= 0.6 is 0 Å². The van der Waals surface area contributed by atoms with E-state index in [1.165, 1.54) is 12.5 Å². The lowest BCUT2D eigenvalue weighted by molar-refractivity contribution is -0.133. The number of rotatable bonds is 6. The van der Waals surface area contributed by atoms with Crippen molar-refractivity contribution >= 4 is 11.9 Å². The van der Waals surface area contributed by atoms with E-state index in [0.717, 1.165) is 58.1 Å². The maximum atomic E-state index is 13.7. The summed E-state index contributed by atoms with van der Waals surface area (Å²) < 4.78 is 19.4. The summed E-state index contributed by atoms with van der Waals surface area (Å²) in [5, 5.41) is 3.32. The Kier molecular flexibility index (Phi) is 8.30. The average Bonchev–Trinajstić information content (AvgIpc) is 2.77. The fourth-order valence-electron chi connectivity index (χ4n) is 3.92. The van der Waals surface area contributed by atoms with Crippen LogP contribution in [-0.2, 0) is 4.79 Å². The number of nitrogens with zero attached hydrogens (tertiary/aromatic N) is 4. The highest BCUT2D eigenvalue weighted by Crippen LogP contribution is 2.17. The smallest absolute Gasteiger partial charge is 0.236 e. The van der Waals surface area contributed by atoms with Crippen molar-refractivity contribution in [3.8, 4) is 5.75 Å². The van der Waals surface area contributed by atoms with E-state index in [-0.39, 0.29) is 23.6 Å². The summed E-state index contributed by atoms with van der Waals surface area (Å²) in [5.74, 6) is 0.962. The molecule has 0 aromatic heterocycles. The van der Waals surface area contributed by atoms with Gasteiger partial charge in [-0.1, -0.05) is 12.1 Å². The number of para-hydroxylation sites is 1. The Bertz CT molecular complexity index is 715. The third-order valence-corrected chi connectivity index (χ3v) is 5.66. The lowest BCUT2D eigenvalue weighted by Gasteiger charge is -2.37.